The molecule has 1 rings (SSSR count). The summed E-state index contributed by atoms with van der Waals surface area (Å²) in [5, 5.41) is 0. The molecule has 1 aromatic carbocycles. The molecule has 0 spiro atoms. The van der Waals surface area contributed by atoms with E-state index in [9.17, 15) is 8.42 Å². The summed E-state index contributed by atoms with van der Waals surface area (Å²) in [5.41, 5.74) is 0.712. The molecule has 2 atom stereocenters. The van der Waals surface area contributed by atoms with E-state index in [1.807, 2.05) is 18.2 Å². The lowest BCUT2D eigenvalue weighted by Gasteiger charge is -2.17. The Labute approximate surface area is 82.9 Å². The van der Waals surface area contributed by atoms with Gasteiger partial charge in [0.1, 0.15) is 22.0 Å². The van der Waals surface area contributed by atoms with Crippen molar-refractivity contribution >= 4 is 27.7 Å². The molecule has 0 saturated heterocycles. The maximum Gasteiger partial charge on any atom is 0.128 e. The van der Waals surface area contributed by atoms with Gasteiger partial charge in [-0.15, -0.1) is 0 Å². The maximum absolute atomic E-state index is 11.2. The van der Waals surface area contributed by atoms with E-state index in [2.05, 4.69) is 0 Å². The number of nitrogens with zero attached hydrogens (tertiary/aromatic N) is 1. The first kappa shape index (κ1) is 10.4. The highest BCUT2D eigenvalue weighted by molar-refractivity contribution is 8.03. The lowest BCUT2D eigenvalue weighted by Crippen LogP contribution is -2.25. The molecule has 0 aromatic heterocycles. The first-order valence-corrected chi connectivity index (χ1v) is 6.68. The second kappa shape index (κ2) is 4.53. The second-order valence-electron chi connectivity index (χ2n) is 2.44. The van der Waals surface area contributed by atoms with E-state index in [1.54, 1.807) is 12.1 Å². The van der Waals surface area contributed by atoms with Gasteiger partial charge in [0.25, 0.3) is 0 Å². The average molecular weight is 217 g/mol. The Morgan fingerprint density at radius 2 is 1.46 bits per heavy atom. The van der Waals surface area contributed by atoms with E-state index >= 15 is 0 Å². The van der Waals surface area contributed by atoms with Crippen LogP contribution in [-0.4, -0.2) is 20.9 Å². The highest BCUT2D eigenvalue weighted by Crippen LogP contribution is 2.15. The molecule has 1 aromatic rings. The van der Waals surface area contributed by atoms with E-state index in [0.29, 0.717) is 5.69 Å². The van der Waals surface area contributed by atoms with Crippen LogP contribution in [0.4, 0.5) is 5.69 Å². The number of hydrogen-bond donors (Lipinski definition) is 0. The van der Waals surface area contributed by atoms with Crippen LogP contribution in [0.15, 0.2) is 30.3 Å². The van der Waals surface area contributed by atoms with E-state index < -0.39 is 22.0 Å². The Kier molecular flexibility index (Phi) is 3.62. The molecular formula is C8H11NO2S2. The fraction of sp³-hybridized carbons (Fsp3) is 0.250. The third kappa shape index (κ3) is 2.63. The molecule has 0 N–H and O–H groups in total. The van der Waals surface area contributed by atoms with Gasteiger partial charge in [0.05, 0.1) is 5.69 Å². The molecule has 3 nitrogen and oxygen atoms in total. The summed E-state index contributed by atoms with van der Waals surface area (Å²) in [6.45, 7) is 0. The van der Waals surface area contributed by atoms with Gasteiger partial charge in [-0.1, -0.05) is 18.2 Å². The van der Waals surface area contributed by atoms with Crippen molar-refractivity contribution in [3.63, 3.8) is 0 Å². The van der Waals surface area contributed by atoms with Crippen molar-refractivity contribution in [3.8, 4) is 0 Å². The molecule has 0 amide bonds. The molecule has 0 heterocycles. The summed E-state index contributed by atoms with van der Waals surface area (Å²) in [6.07, 6.45) is 3.02. The summed E-state index contributed by atoms with van der Waals surface area (Å²) < 4.78 is 23.8. The van der Waals surface area contributed by atoms with Crippen LogP contribution in [0, 0.1) is 0 Å². The molecule has 13 heavy (non-hydrogen) atoms. The van der Waals surface area contributed by atoms with Crippen molar-refractivity contribution in [2.24, 2.45) is 0 Å². The third-order valence-corrected chi connectivity index (χ3v) is 4.05. The van der Waals surface area contributed by atoms with Crippen molar-refractivity contribution in [2.45, 2.75) is 0 Å². The van der Waals surface area contributed by atoms with E-state index in [0.717, 1.165) is 0 Å². The van der Waals surface area contributed by atoms with Crippen LogP contribution in [0.3, 0.4) is 0 Å². The van der Waals surface area contributed by atoms with Crippen LogP contribution < -0.4 is 3.71 Å². The second-order valence-corrected chi connectivity index (χ2v) is 5.10. The average Bonchev–Trinajstić information content (AvgIpc) is 2.04. The predicted molar refractivity (Wildman–Crippen MR) is 57.1 cm³/mol. The largest absolute Gasteiger partial charge is 0.236 e. The molecule has 0 saturated carbocycles. The normalized spacial score (nSPS) is 14.9. The zero-order valence-electron chi connectivity index (χ0n) is 7.47. The molecular weight excluding hydrogens is 206 g/mol. The van der Waals surface area contributed by atoms with Crippen molar-refractivity contribution in [1.82, 2.24) is 0 Å². The summed E-state index contributed by atoms with van der Waals surface area (Å²) >= 11 is 0. The molecule has 0 radical (unpaired) electrons. The van der Waals surface area contributed by atoms with E-state index in [1.165, 1.54) is 16.2 Å². The van der Waals surface area contributed by atoms with Gasteiger partial charge in [-0.25, -0.2) is 12.1 Å². The highest BCUT2D eigenvalue weighted by Gasteiger charge is 2.12. The molecule has 5 heteroatoms. The van der Waals surface area contributed by atoms with Gasteiger partial charge in [0, 0.05) is 12.5 Å². The van der Waals surface area contributed by atoms with Gasteiger partial charge in [-0.05, 0) is 12.1 Å². The van der Waals surface area contributed by atoms with Gasteiger partial charge >= 0.3 is 0 Å². The van der Waals surface area contributed by atoms with Crippen LogP contribution in [0.2, 0.25) is 0 Å². The summed E-state index contributed by atoms with van der Waals surface area (Å²) in [5.74, 6) is 0. The third-order valence-electron chi connectivity index (χ3n) is 1.43. The van der Waals surface area contributed by atoms with Crippen molar-refractivity contribution < 1.29 is 8.42 Å². The molecule has 0 aliphatic carbocycles. The molecule has 0 fully saturated rings. The number of benzene rings is 1. The Balaban J connectivity index is 3.03. The number of hydrogen-bond acceptors (Lipinski definition) is 2. The molecule has 0 bridgehead atoms. The van der Waals surface area contributed by atoms with Crippen molar-refractivity contribution in [3.05, 3.63) is 30.3 Å². The predicted octanol–water partition coefficient (Wildman–Crippen LogP) is 1.08. The molecule has 2 unspecified atom stereocenters. The van der Waals surface area contributed by atoms with Gasteiger partial charge < -0.3 is 0 Å². The minimum Gasteiger partial charge on any atom is -0.236 e. The number of para-hydroxylation sites is 1. The van der Waals surface area contributed by atoms with Gasteiger partial charge in [-0.3, -0.25) is 0 Å². The van der Waals surface area contributed by atoms with Crippen LogP contribution in [0.25, 0.3) is 0 Å². The first-order chi connectivity index (χ1) is 6.13. The Morgan fingerprint density at radius 1 is 1.00 bits per heavy atom. The van der Waals surface area contributed by atoms with Gasteiger partial charge in [0.2, 0.25) is 0 Å². The topological polar surface area (TPSA) is 37.4 Å². The summed E-state index contributed by atoms with van der Waals surface area (Å²) in [4.78, 5) is 0. The highest BCUT2D eigenvalue weighted by atomic mass is 32.3. The van der Waals surface area contributed by atoms with Gasteiger partial charge in [-0.2, -0.15) is 0 Å². The van der Waals surface area contributed by atoms with Crippen LogP contribution in [-0.2, 0) is 22.0 Å². The van der Waals surface area contributed by atoms with Crippen LogP contribution >= 0.6 is 0 Å². The zero-order chi connectivity index (χ0) is 9.84. The lowest BCUT2D eigenvalue weighted by atomic mass is 10.3. The van der Waals surface area contributed by atoms with E-state index in [-0.39, 0.29) is 0 Å². The summed E-state index contributed by atoms with van der Waals surface area (Å²) in [7, 11) is -2.50. The lowest BCUT2D eigenvalue weighted by molar-refractivity contribution is 0.680. The number of rotatable bonds is 3. The molecule has 72 valence electrons. The Morgan fingerprint density at radius 3 is 1.85 bits per heavy atom. The van der Waals surface area contributed by atoms with Crippen molar-refractivity contribution in [1.29, 1.82) is 0 Å². The van der Waals surface area contributed by atoms with Crippen LogP contribution in [0.1, 0.15) is 0 Å². The number of anilines is 1. The fourth-order valence-corrected chi connectivity index (χ4v) is 3.01. The van der Waals surface area contributed by atoms with Gasteiger partial charge in [0.15, 0.2) is 0 Å². The monoisotopic (exact) mass is 217 g/mol. The Bertz CT molecular complexity index is 312. The quantitative estimate of drug-likeness (QED) is 0.759. The van der Waals surface area contributed by atoms with Crippen molar-refractivity contribution in [2.75, 3.05) is 16.2 Å². The van der Waals surface area contributed by atoms with E-state index in [4.69, 9.17) is 0 Å². The minimum absolute atomic E-state index is 0.712. The molecule has 0 aliphatic heterocycles. The smallest absolute Gasteiger partial charge is 0.128 e. The molecule has 0 aliphatic rings. The zero-order valence-corrected chi connectivity index (χ0v) is 9.10. The first-order valence-electron chi connectivity index (χ1n) is 3.65. The minimum atomic E-state index is -1.25. The Hall–Kier alpha value is -0.680. The summed E-state index contributed by atoms with van der Waals surface area (Å²) in [6, 6.07) is 9.06. The standard InChI is InChI=1S/C8H11NO2S2/c1-12(10)9(13(2)11)8-6-4-3-5-7-8/h3-7H,1-2H3. The fourth-order valence-electron chi connectivity index (χ4n) is 0.994. The van der Waals surface area contributed by atoms with Crippen LogP contribution in [0.5, 0.6) is 0 Å². The SMILES string of the molecule is CS(=O)N(c1ccccc1)S(C)=O. The maximum atomic E-state index is 11.2.